The summed E-state index contributed by atoms with van der Waals surface area (Å²) in [7, 11) is 0. The van der Waals surface area contributed by atoms with Gasteiger partial charge in [-0.2, -0.15) is 0 Å². The molecule has 0 spiro atoms. The van der Waals surface area contributed by atoms with E-state index in [4.69, 9.17) is 0 Å². The quantitative estimate of drug-likeness (QED) is 0.198. The second-order valence-electron chi connectivity index (χ2n) is 13.0. The van der Waals surface area contributed by atoms with Gasteiger partial charge in [0.2, 0.25) is 0 Å². The third-order valence-electron chi connectivity index (χ3n) is 9.98. The molecule has 0 radical (unpaired) electrons. The van der Waals surface area contributed by atoms with E-state index in [2.05, 4.69) is 183 Å². The van der Waals surface area contributed by atoms with Crippen LogP contribution in [0.15, 0.2) is 164 Å². The molecular formula is C45H33N. The van der Waals surface area contributed by atoms with Crippen molar-refractivity contribution in [2.24, 2.45) is 0 Å². The average molecular weight is 588 g/mol. The first-order chi connectivity index (χ1) is 22.6. The van der Waals surface area contributed by atoms with Gasteiger partial charge < -0.3 is 4.90 Å². The summed E-state index contributed by atoms with van der Waals surface area (Å²) in [5.74, 6) is 0. The highest BCUT2D eigenvalue weighted by atomic mass is 15.1. The van der Waals surface area contributed by atoms with Gasteiger partial charge in [-0.15, -0.1) is 0 Å². The minimum atomic E-state index is -0.0985. The number of para-hydroxylation sites is 1. The number of hydrogen-bond acceptors (Lipinski definition) is 1. The summed E-state index contributed by atoms with van der Waals surface area (Å²) >= 11 is 0. The predicted molar refractivity (Wildman–Crippen MR) is 197 cm³/mol. The number of fused-ring (bicyclic) bond motifs is 7. The monoisotopic (exact) mass is 587 g/mol. The first kappa shape index (κ1) is 26.7. The van der Waals surface area contributed by atoms with Gasteiger partial charge in [0.15, 0.2) is 0 Å². The van der Waals surface area contributed by atoms with Crippen LogP contribution >= 0.6 is 0 Å². The molecule has 46 heavy (non-hydrogen) atoms. The maximum atomic E-state index is 2.45. The number of nitrogens with zero attached hydrogens (tertiary/aromatic N) is 1. The largest absolute Gasteiger partial charge is 0.310 e. The Labute approximate surface area is 270 Å². The fourth-order valence-electron chi connectivity index (χ4n) is 7.84. The first-order valence-electron chi connectivity index (χ1n) is 16.1. The molecule has 0 fully saturated rings. The molecule has 1 aliphatic carbocycles. The van der Waals surface area contributed by atoms with Crippen molar-refractivity contribution >= 4 is 49.4 Å². The Morgan fingerprint density at radius 3 is 1.80 bits per heavy atom. The molecule has 0 saturated heterocycles. The minimum Gasteiger partial charge on any atom is -0.310 e. The van der Waals surface area contributed by atoms with Crippen LogP contribution in [-0.2, 0) is 5.41 Å². The summed E-state index contributed by atoms with van der Waals surface area (Å²) in [5.41, 5.74) is 11.3. The molecule has 8 aromatic carbocycles. The van der Waals surface area contributed by atoms with Crippen molar-refractivity contribution in [2.75, 3.05) is 4.90 Å². The summed E-state index contributed by atoms with van der Waals surface area (Å²) in [6.45, 7) is 4.75. The van der Waals surface area contributed by atoms with E-state index in [9.17, 15) is 0 Å². The van der Waals surface area contributed by atoms with E-state index in [1.807, 2.05) is 0 Å². The van der Waals surface area contributed by atoms with Gasteiger partial charge in [0.05, 0.1) is 5.69 Å². The highest BCUT2D eigenvalue weighted by molar-refractivity contribution is 6.06. The maximum absolute atomic E-state index is 2.45. The smallest absolute Gasteiger partial charge is 0.0546 e. The normalized spacial score (nSPS) is 13.2. The van der Waals surface area contributed by atoms with E-state index < -0.39 is 0 Å². The summed E-state index contributed by atoms with van der Waals surface area (Å²) < 4.78 is 0. The van der Waals surface area contributed by atoms with E-state index in [0.29, 0.717) is 0 Å². The molecule has 0 aliphatic heterocycles. The van der Waals surface area contributed by atoms with E-state index in [0.717, 1.165) is 17.1 Å². The Morgan fingerprint density at radius 1 is 0.391 bits per heavy atom. The molecule has 8 aromatic rings. The highest BCUT2D eigenvalue weighted by Crippen LogP contribution is 2.53. The number of anilines is 3. The number of benzene rings is 8. The Hall–Kier alpha value is -5.66. The third-order valence-corrected chi connectivity index (χ3v) is 9.98. The first-order valence-corrected chi connectivity index (χ1v) is 16.1. The molecule has 0 atom stereocenters. The zero-order valence-corrected chi connectivity index (χ0v) is 26.0. The van der Waals surface area contributed by atoms with Crippen LogP contribution in [0.3, 0.4) is 0 Å². The SMILES string of the molecule is CC1(C)c2ccc(N(c3ccccc3)c3cc4ccccc4cc3-c3cccc4ccccc34)cc2-c2ccc3ccccc3c21. The van der Waals surface area contributed by atoms with Crippen molar-refractivity contribution in [1.29, 1.82) is 0 Å². The molecule has 0 bridgehead atoms. The molecule has 0 unspecified atom stereocenters. The van der Waals surface area contributed by atoms with Crippen LogP contribution in [0.25, 0.3) is 54.6 Å². The van der Waals surface area contributed by atoms with Crippen LogP contribution in [-0.4, -0.2) is 0 Å². The lowest BCUT2D eigenvalue weighted by molar-refractivity contribution is 0.666. The van der Waals surface area contributed by atoms with Crippen molar-refractivity contribution < 1.29 is 0 Å². The van der Waals surface area contributed by atoms with Gasteiger partial charge in [0, 0.05) is 22.4 Å². The molecule has 218 valence electrons. The van der Waals surface area contributed by atoms with Gasteiger partial charge in [-0.1, -0.05) is 141 Å². The maximum Gasteiger partial charge on any atom is 0.0546 e. The van der Waals surface area contributed by atoms with E-state index in [1.165, 1.54) is 65.7 Å². The van der Waals surface area contributed by atoms with Crippen LogP contribution < -0.4 is 4.90 Å². The highest BCUT2D eigenvalue weighted by Gasteiger charge is 2.37. The Kier molecular flexibility index (Phi) is 5.92. The van der Waals surface area contributed by atoms with Crippen LogP contribution in [0.5, 0.6) is 0 Å². The van der Waals surface area contributed by atoms with Gasteiger partial charge in [0.1, 0.15) is 0 Å². The zero-order chi connectivity index (χ0) is 30.8. The summed E-state index contributed by atoms with van der Waals surface area (Å²) in [6, 6.07) is 60.2. The fraction of sp³-hybridized carbons (Fsp3) is 0.0667. The van der Waals surface area contributed by atoms with E-state index in [1.54, 1.807) is 0 Å². The minimum absolute atomic E-state index is 0.0985. The van der Waals surface area contributed by atoms with Gasteiger partial charge in [0.25, 0.3) is 0 Å². The van der Waals surface area contributed by atoms with Crippen LogP contribution in [0.4, 0.5) is 17.1 Å². The van der Waals surface area contributed by atoms with E-state index >= 15 is 0 Å². The van der Waals surface area contributed by atoms with Gasteiger partial charge in [-0.3, -0.25) is 0 Å². The molecule has 1 aliphatic rings. The fourth-order valence-corrected chi connectivity index (χ4v) is 7.84. The Morgan fingerprint density at radius 2 is 1.02 bits per heavy atom. The lowest BCUT2D eigenvalue weighted by Gasteiger charge is -2.30. The average Bonchev–Trinajstić information content (AvgIpc) is 3.34. The summed E-state index contributed by atoms with van der Waals surface area (Å²) in [6.07, 6.45) is 0. The third kappa shape index (κ3) is 4.02. The van der Waals surface area contributed by atoms with Gasteiger partial charge in [-0.25, -0.2) is 0 Å². The molecule has 0 heterocycles. The molecule has 1 heteroatoms. The molecule has 0 amide bonds. The molecule has 0 N–H and O–H groups in total. The van der Waals surface area contributed by atoms with Crippen molar-refractivity contribution in [2.45, 2.75) is 19.3 Å². The van der Waals surface area contributed by atoms with Crippen molar-refractivity contribution in [3.05, 3.63) is 175 Å². The number of rotatable bonds is 4. The van der Waals surface area contributed by atoms with Crippen LogP contribution in [0.2, 0.25) is 0 Å². The predicted octanol–water partition coefficient (Wildman–Crippen LogP) is 12.6. The van der Waals surface area contributed by atoms with Crippen molar-refractivity contribution in [1.82, 2.24) is 0 Å². The summed E-state index contributed by atoms with van der Waals surface area (Å²) in [4.78, 5) is 2.45. The molecule has 0 saturated carbocycles. The van der Waals surface area contributed by atoms with E-state index in [-0.39, 0.29) is 5.41 Å². The lowest BCUT2D eigenvalue weighted by atomic mass is 9.80. The second-order valence-corrected chi connectivity index (χ2v) is 13.0. The second kappa shape index (κ2) is 10.2. The molecular weight excluding hydrogens is 555 g/mol. The molecule has 1 nitrogen and oxygen atoms in total. The zero-order valence-electron chi connectivity index (χ0n) is 26.0. The standard InChI is InChI=1S/C45H33N/c1-45(2)42-26-24-35(29-40(42)39-25-23-31-14-9-11-21-37(31)44(39)45)46(34-18-4-3-5-19-34)43-28-33-16-7-6-15-32(33)27-41(43)38-22-12-17-30-13-8-10-20-36(30)38/h3-29H,1-2H3. The number of hydrogen-bond donors (Lipinski definition) is 0. The van der Waals surface area contributed by atoms with Crippen molar-refractivity contribution in [3.8, 4) is 22.3 Å². The van der Waals surface area contributed by atoms with Crippen LogP contribution in [0, 0.1) is 0 Å². The van der Waals surface area contributed by atoms with Crippen LogP contribution in [0.1, 0.15) is 25.0 Å². The van der Waals surface area contributed by atoms with Gasteiger partial charge >= 0.3 is 0 Å². The Balaban J connectivity index is 1.33. The summed E-state index contributed by atoms with van der Waals surface area (Å²) in [5, 5.41) is 7.60. The topological polar surface area (TPSA) is 3.24 Å². The van der Waals surface area contributed by atoms with Crippen molar-refractivity contribution in [3.63, 3.8) is 0 Å². The van der Waals surface area contributed by atoms with Gasteiger partial charge in [-0.05, 0) is 96.5 Å². The lowest BCUT2D eigenvalue weighted by Crippen LogP contribution is -2.16. The Bertz CT molecular complexity index is 2450. The molecule has 0 aromatic heterocycles. The molecule has 9 rings (SSSR count).